The van der Waals surface area contributed by atoms with Gasteiger partial charge in [-0.15, -0.1) is 0 Å². The Labute approximate surface area is 113 Å². The standard InChI is InChI=1S/C15H21NO3/c17-14(9-12(10-4-5-10)11-6-7-11)16-8-2-1-3-13(16)15(18)19/h9-11,13H,1-8H2,(H,18,19). The molecule has 4 nitrogen and oxygen atoms in total. The first-order valence-corrected chi connectivity index (χ1v) is 7.41. The zero-order chi connectivity index (χ0) is 13.4. The highest BCUT2D eigenvalue weighted by molar-refractivity contribution is 5.92. The van der Waals surface area contributed by atoms with Gasteiger partial charge in [-0.25, -0.2) is 4.79 Å². The SMILES string of the molecule is O=C(O)C1CCCCN1C(=O)C=C(C1CC1)C1CC1. The van der Waals surface area contributed by atoms with Crippen LogP contribution in [0.3, 0.4) is 0 Å². The second-order valence-electron chi connectivity index (χ2n) is 6.07. The zero-order valence-corrected chi connectivity index (χ0v) is 11.2. The highest BCUT2D eigenvalue weighted by Gasteiger charge is 2.38. The Bertz CT molecular complexity index is 407. The molecule has 3 aliphatic rings. The van der Waals surface area contributed by atoms with E-state index in [1.807, 2.05) is 0 Å². The average molecular weight is 263 g/mol. The molecular formula is C15H21NO3. The van der Waals surface area contributed by atoms with Crippen LogP contribution in [0.25, 0.3) is 0 Å². The molecule has 4 heteroatoms. The van der Waals surface area contributed by atoms with Crippen molar-refractivity contribution in [2.75, 3.05) is 6.54 Å². The molecule has 1 unspecified atom stereocenters. The lowest BCUT2D eigenvalue weighted by molar-refractivity contribution is -0.150. The summed E-state index contributed by atoms with van der Waals surface area (Å²) < 4.78 is 0. The molecule has 0 spiro atoms. The van der Waals surface area contributed by atoms with Crippen molar-refractivity contribution in [1.82, 2.24) is 4.90 Å². The molecule has 1 atom stereocenters. The summed E-state index contributed by atoms with van der Waals surface area (Å²) in [6.45, 7) is 0.592. The average Bonchev–Trinajstić information content (AvgIpc) is 3.29. The van der Waals surface area contributed by atoms with Crippen molar-refractivity contribution in [2.24, 2.45) is 11.8 Å². The maximum absolute atomic E-state index is 12.4. The number of amides is 1. The Morgan fingerprint density at radius 2 is 1.63 bits per heavy atom. The number of carbonyl (C=O) groups excluding carboxylic acids is 1. The lowest BCUT2D eigenvalue weighted by Crippen LogP contribution is -2.47. The van der Waals surface area contributed by atoms with Gasteiger partial charge in [-0.2, -0.15) is 0 Å². The molecule has 2 saturated carbocycles. The van der Waals surface area contributed by atoms with Gasteiger partial charge in [0.25, 0.3) is 0 Å². The first-order chi connectivity index (χ1) is 9.16. The summed E-state index contributed by atoms with van der Waals surface area (Å²) >= 11 is 0. The molecule has 1 saturated heterocycles. The number of aliphatic carboxylic acids is 1. The highest BCUT2D eigenvalue weighted by atomic mass is 16.4. The largest absolute Gasteiger partial charge is 0.480 e. The van der Waals surface area contributed by atoms with E-state index in [-0.39, 0.29) is 5.91 Å². The van der Waals surface area contributed by atoms with Crippen molar-refractivity contribution in [1.29, 1.82) is 0 Å². The molecule has 1 N–H and O–H groups in total. The van der Waals surface area contributed by atoms with E-state index in [0.29, 0.717) is 24.8 Å². The third kappa shape index (κ3) is 2.82. The van der Waals surface area contributed by atoms with E-state index >= 15 is 0 Å². The van der Waals surface area contributed by atoms with Gasteiger partial charge in [0, 0.05) is 12.6 Å². The molecule has 3 fully saturated rings. The third-order valence-electron chi connectivity index (χ3n) is 4.46. The fraction of sp³-hybridized carbons (Fsp3) is 0.733. The highest BCUT2D eigenvalue weighted by Crippen LogP contribution is 2.48. The molecule has 0 aromatic heterocycles. The van der Waals surface area contributed by atoms with Crippen LogP contribution in [0.1, 0.15) is 44.9 Å². The summed E-state index contributed by atoms with van der Waals surface area (Å²) in [6, 6.07) is -0.614. The van der Waals surface area contributed by atoms with E-state index in [9.17, 15) is 14.7 Å². The number of hydrogen-bond donors (Lipinski definition) is 1. The van der Waals surface area contributed by atoms with Crippen molar-refractivity contribution < 1.29 is 14.7 Å². The number of carboxylic acid groups (broad SMARTS) is 1. The number of hydrogen-bond acceptors (Lipinski definition) is 2. The van der Waals surface area contributed by atoms with Crippen molar-refractivity contribution in [3.8, 4) is 0 Å². The maximum atomic E-state index is 12.4. The molecule has 1 heterocycles. The molecule has 0 aromatic rings. The van der Waals surface area contributed by atoms with E-state index in [4.69, 9.17) is 0 Å². The maximum Gasteiger partial charge on any atom is 0.326 e. The molecule has 3 rings (SSSR count). The number of carboxylic acids is 1. The Hall–Kier alpha value is -1.32. The number of carbonyl (C=O) groups is 2. The summed E-state index contributed by atoms with van der Waals surface area (Å²) in [7, 11) is 0. The molecule has 2 aliphatic carbocycles. The second kappa shape index (κ2) is 4.99. The van der Waals surface area contributed by atoms with Crippen LogP contribution in [0, 0.1) is 11.8 Å². The monoisotopic (exact) mass is 263 g/mol. The Balaban J connectivity index is 1.73. The quantitative estimate of drug-likeness (QED) is 0.791. The number of allylic oxidation sites excluding steroid dienone is 1. The van der Waals surface area contributed by atoms with Gasteiger partial charge in [0.15, 0.2) is 0 Å². The Morgan fingerprint density at radius 1 is 1.00 bits per heavy atom. The molecular weight excluding hydrogens is 242 g/mol. The summed E-state index contributed by atoms with van der Waals surface area (Å²) in [6.07, 6.45) is 9.02. The summed E-state index contributed by atoms with van der Waals surface area (Å²) in [5, 5.41) is 9.22. The number of rotatable bonds is 4. The van der Waals surface area contributed by atoms with Gasteiger partial charge in [-0.1, -0.05) is 5.57 Å². The van der Waals surface area contributed by atoms with Crippen LogP contribution in [-0.4, -0.2) is 34.5 Å². The van der Waals surface area contributed by atoms with E-state index < -0.39 is 12.0 Å². The van der Waals surface area contributed by atoms with Crippen molar-refractivity contribution >= 4 is 11.9 Å². The minimum atomic E-state index is -0.860. The normalized spacial score (nSPS) is 26.9. The predicted molar refractivity (Wildman–Crippen MR) is 70.5 cm³/mol. The van der Waals surface area contributed by atoms with Crippen molar-refractivity contribution in [3.63, 3.8) is 0 Å². The van der Waals surface area contributed by atoms with Gasteiger partial charge in [0.05, 0.1) is 0 Å². The Morgan fingerprint density at radius 3 is 2.16 bits per heavy atom. The molecule has 0 radical (unpaired) electrons. The molecule has 0 aromatic carbocycles. The Kier molecular flexibility index (Phi) is 3.33. The van der Waals surface area contributed by atoms with E-state index in [1.165, 1.54) is 31.3 Å². The van der Waals surface area contributed by atoms with Gasteiger partial charge in [0.1, 0.15) is 6.04 Å². The second-order valence-corrected chi connectivity index (χ2v) is 6.07. The van der Waals surface area contributed by atoms with Crippen LogP contribution in [0.5, 0.6) is 0 Å². The van der Waals surface area contributed by atoms with Crippen LogP contribution in [0.15, 0.2) is 11.6 Å². The van der Waals surface area contributed by atoms with Crippen molar-refractivity contribution in [2.45, 2.75) is 51.0 Å². The van der Waals surface area contributed by atoms with Crippen LogP contribution >= 0.6 is 0 Å². The van der Waals surface area contributed by atoms with Crippen molar-refractivity contribution in [3.05, 3.63) is 11.6 Å². The number of likely N-dealkylation sites (tertiary alicyclic amines) is 1. The van der Waals surface area contributed by atoms with Gasteiger partial charge in [0.2, 0.25) is 5.91 Å². The fourth-order valence-electron chi connectivity index (χ4n) is 3.08. The van der Waals surface area contributed by atoms with Gasteiger partial charge >= 0.3 is 5.97 Å². The lowest BCUT2D eigenvalue weighted by Gasteiger charge is -2.32. The van der Waals surface area contributed by atoms with Crippen LogP contribution < -0.4 is 0 Å². The van der Waals surface area contributed by atoms with Gasteiger partial charge < -0.3 is 10.0 Å². The summed E-state index contributed by atoms with van der Waals surface area (Å²) in [5.41, 5.74) is 1.31. The topological polar surface area (TPSA) is 57.6 Å². The van der Waals surface area contributed by atoms with E-state index in [0.717, 1.165) is 12.8 Å². The smallest absolute Gasteiger partial charge is 0.326 e. The minimum absolute atomic E-state index is 0.0686. The molecule has 19 heavy (non-hydrogen) atoms. The molecule has 1 amide bonds. The van der Waals surface area contributed by atoms with Gasteiger partial charge in [-0.3, -0.25) is 4.79 Å². The van der Waals surface area contributed by atoms with Gasteiger partial charge in [-0.05, 0) is 56.8 Å². The number of piperidine rings is 1. The summed E-state index contributed by atoms with van der Waals surface area (Å²) in [5.74, 6) is 0.302. The minimum Gasteiger partial charge on any atom is -0.480 e. The third-order valence-corrected chi connectivity index (χ3v) is 4.46. The van der Waals surface area contributed by atoms with E-state index in [1.54, 1.807) is 11.0 Å². The lowest BCUT2D eigenvalue weighted by atomic mass is 10.0. The first-order valence-electron chi connectivity index (χ1n) is 7.41. The van der Waals surface area contributed by atoms with Crippen LogP contribution in [0.4, 0.5) is 0 Å². The molecule has 0 bridgehead atoms. The molecule has 104 valence electrons. The van der Waals surface area contributed by atoms with Crippen LogP contribution in [0.2, 0.25) is 0 Å². The van der Waals surface area contributed by atoms with E-state index in [2.05, 4.69) is 0 Å². The molecule has 1 aliphatic heterocycles. The number of nitrogens with zero attached hydrogens (tertiary/aromatic N) is 1. The first kappa shape index (κ1) is 12.7. The predicted octanol–water partition coefficient (Wildman–Crippen LogP) is 2.20. The summed E-state index contributed by atoms with van der Waals surface area (Å²) in [4.78, 5) is 25.2. The zero-order valence-electron chi connectivity index (χ0n) is 11.2. The fourth-order valence-corrected chi connectivity index (χ4v) is 3.08. The van der Waals surface area contributed by atoms with Crippen LogP contribution in [-0.2, 0) is 9.59 Å².